The van der Waals surface area contributed by atoms with Gasteiger partial charge in [0.2, 0.25) is 11.8 Å². The summed E-state index contributed by atoms with van der Waals surface area (Å²) < 4.78 is 0. The summed E-state index contributed by atoms with van der Waals surface area (Å²) in [4.78, 5) is 31.5. The van der Waals surface area contributed by atoms with Gasteiger partial charge in [-0.15, -0.1) is 0 Å². The number of aryl methyl sites for hydroxylation is 1. The molecule has 154 valence electrons. The Morgan fingerprint density at radius 3 is 2.72 bits per heavy atom. The molecular formula is C23H30N4O2. The van der Waals surface area contributed by atoms with Crippen LogP contribution in [0.15, 0.2) is 30.5 Å². The van der Waals surface area contributed by atoms with E-state index in [2.05, 4.69) is 16.4 Å². The van der Waals surface area contributed by atoms with Gasteiger partial charge < -0.3 is 16.0 Å². The third-order valence-corrected chi connectivity index (χ3v) is 6.54. The van der Waals surface area contributed by atoms with Crippen molar-refractivity contribution in [3.63, 3.8) is 0 Å². The minimum absolute atomic E-state index is 0.0584. The number of benzene rings is 1. The van der Waals surface area contributed by atoms with Crippen molar-refractivity contribution >= 4 is 22.6 Å². The first kappa shape index (κ1) is 19.8. The van der Waals surface area contributed by atoms with Crippen LogP contribution in [-0.2, 0) is 16.1 Å². The largest absolute Gasteiger partial charge is 0.350 e. The van der Waals surface area contributed by atoms with Crippen LogP contribution in [-0.4, -0.2) is 40.3 Å². The van der Waals surface area contributed by atoms with Crippen molar-refractivity contribution in [2.24, 2.45) is 11.7 Å². The van der Waals surface area contributed by atoms with E-state index < -0.39 is 6.04 Å². The lowest BCUT2D eigenvalue weighted by molar-refractivity contribution is -0.149. The summed E-state index contributed by atoms with van der Waals surface area (Å²) in [6.07, 6.45) is 8.08. The molecule has 0 bridgehead atoms. The van der Waals surface area contributed by atoms with E-state index >= 15 is 0 Å². The standard InChI is InChI=1S/C23H30N4O2/c1-15-19-8-7-16(13-18(19)9-11-25-15)14-26-22(28)20-10-12-27(20)23(29)21(24)17-5-3-2-4-6-17/h7-9,11,13,17,20-21H,2-6,10,12,14,24H2,1H3,(H,26,28)/t20-,21+/m0/s1. The van der Waals surface area contributed by atoms with E-state index in [0.29, 0.717) is 19.5 Å². The number of hydrogen-bond donors (Lipinski definition) is 2. The quantitative estimate of drug-likeness (QED) is 0.816. The first-order valence-electron chi connectivity index (χ1n) is 10.7. The van der Waals surface area contributed by atoms with Gasteiger partial charge in [0, 0.05) is 30.4 Å². The van der Waals surface area contributed by atoms with Crippen LogP contribution in [0.2, 0.25) is 0 Å². The summed E-state index contributed by atoms with van der Waals surface area (Å²) >= 11 is 0. The number of aromatic nitrogens is 1. The van der Waals surface area contributed by atoms with Gasteiger partial charge >= 0.3 is 0 Å². The number of carbonyl (C=O) groups is 2. The molecule has 2 amide bonds. The first-order chi connectivity index (χ1) is 14.0. The van der Waals surface area contributed by atoms with E-state index in [0.717, 1.165) is 47.7 Å². The van der Waals surface area contributed by atoms with Gasteiger partial charge in [-0.3, -0.25) is 14.6 Å². The van der Waals surface area contributed by atoms with Crippen LogP contribution >= 0.6 is 0 Å². The van der Waals surface area contributed by atoms with Gasteiger partial charge in [0.05, 0.1) is 6.04 Å². The summed E-state index contributed by atoms with van der Waals surface area (Å²) in [5.41, 5.74) is 8.30. The third-order valence-electron chi connectivity index (χ3n) is 6.54. The molecule has 0 radical (unpaired) electrons. The van der Waals surface area contributed by atoms with E-state index in [1.807, 2.05) is 25.1 Å². The van der Waals surface area contributed by atoms with Crippen LogP contribution < -0.4 is 11.1 Å². The zero-order valence-electron chi connectivity index (χ0n) is 17.1. The molecule has 6 heteroatoms. The molecule has 2 aromatic rings. The van der Waals surface area contributed by atoms with E-state index in [4.69, 9.17) is 5.73 Å². The second-order valence-electron chi connectivity index (χ2n) is 8.43. The van der Waals surface area contributed by atoms with Crippen LogP contribution in [0.3, 0.4) is 0 Å². The average molecular weight is 395 g/mol. The summed E-state index contributed by atoms with van der Waals surface area (Å²) in [6, 6.07) is 7.26. The maximum absolute atomic E-state index is 12.8. The van der Waals surface area contributed by atoms with Crippen molar-refractivity contribution < 1.29 is 9.59 Å². The number of nitrogens with one attached hydrogen (secondary N) is 1. The maximum Gasteiger partial charge on any atom is 0.243 e. The Balaban J connectivity index is 1.34. The summed E-state index contributed by atoms with van der Waals surface area (Å²) in [5.74, 6) is 0.111. The smallest absolute Gasteiger partial charge is 0.243 e. The SMILES string of the molecule is Cc1nccc2cc(CNC(=O)[C@@H]3CCN3C(=O)[C@H](N)C3CCCCC3)ccc12. The number of likely N-dealkylation sites (tertiary alicyclic amines) is 1. The van der Waals surface area contributed by atoms with E-state index in [9.17, 15) is 9.59 Å². The summed E-state index contributed by atoms with van der Waals surface area (Å²) in [5, 5.41) is 5.23. The van der Waals surface area contributed by atoms with E-state index in [1.54, 1.807) is 11.1 Å². The van der Waals surface area contributed by atoms with Gasteiger partial charge in [0.25, 0.3) is 0 Å². The topological polar surface area (TPSA) is 88.3 Å². The number of amides is 2. The Morgan fingerprint density at radius 1 is 1.21 bits per heavy atom. The Morgan fingerprint density at radius 2 is 2.00 bits per heavy atom. The monoisotopic (exact) mass is 394 g/mol. The summed E-state index contributed by atoms with van der Waals surface area (Å²) in [6.45, 7) is 3.06. The highest BCUT2D eigenvalue weighted by Crippen LogP contribution is 2.28. The minimum atomic E-state index is -0.469. The molecule has 29 heavy (non-hydrogen) atoms. The molecule has 0 unspecified atom stereocenters. The van der Waals surface area contributed by atoms with Crippen molar-refractivity contribution in [1.82, 2.24) is 15.2 Å². The number of nitrogens with two attached hydrogens (primary N) is 1. The molecule has 0 spiro atoms. The zero-order valence-corrected chi connectivity index (χ0v) is 17.1. The Bertz CT molecular complexity index is 907. The lowest BCUT2D eigenvalue weighted by Gasteiger charge is -2.42. The molecule has 1 saturated carbocycles. The van der Waals surface area contributed by atoms with Crippen LogP contribution in [0.4, 0.5) is 0 Å². The molecule has 1 aliphatic heterocycles. The van der Waals surface area contributed by atoms with Gasteiger partial charge in [-0.1, -0.05) is 31.4 Å². The highest BCUT2D eigenvalue weighted by molar-refractivity contribution is 5.91. The van der Waals surface area contributed by atoms with Gasteiger partial charge in [-0.05, 0) is 55.2 Å². The van der Waals surface area contributed by atoms with Gasteiger partial charge in [0.15, 0.2) is 0 Å². The predicted octanol–water partition coefficient (Wildman–Crippen LogP) is 2.67. The van der Waals surface area contributed by atoms with Crippen molar-refractivity contribution in [3.05, 3.63) is 41.7 Å². The Hall–Kier alpha value is -2.47. The van der Waals surface area contributed by atoms with Gasteiger partial charge in [-0.25, -0.2) is 0 Å². The maximum atomic E-state index is 12.8. The van der Waals surface area contributed by atoms with Crippen LogP contribution in [0.5, 0.6) is 0 Å². The summed E-state index contributed by atoms with van der Waals surface area (Å²) in [7, 11) is 0. The molecule has 1 aromatic carbocycles. The fourth-order valence-electron chi connectivity index (χ4n) is 4.61. The van der Waals surface area contributed by atoms with Crippen molar-refractivity contribution in [1.29, 1.82) is 0 Å². The Labute approximate surface area is 171 Å². The van der Waals surface area contributed by atoms with Crippen LogP contribution in [0.25, 0.3) is 10.8 Å². The zero-order chi connectivity index (χ0) is 20.4. The average Bonchev–Trinajstić information content (AvgIpc) is 2.71. The second-order valence-corrected chi connectivity index (χ2v) is 8.43. The Kier molecular flexibility index (Phi) is 5.81. The number of nitrogens with zero attached hydrogens (tertiary/aromatic N) is 2. The molecule has 1 aliphatic carbocycles. The van der Waals surface area contributed by atoms with Crippen molar-refractivity contribution in [2.45, 2.75) is 64.1 Å². The second kappa shape index (κ2) is 8.49. The number of hydrogen-bond acceptors (Lipinski definition) is 4. The van der Waals surface area contributed by atoms with Gasteiger partial charge in [0.1, 0.15) is 6.04 Å². The first-order valence-corrected chi connectivity index (χ1v) is 10.7. The normalized spacial score (nSPS) is 20.9. The van der Waals surface area contributed by atoms with Crippen molar-refractivity contribution in [2.75, 3.05) is 6.54 Å². The van der Waals surface area contributed by atoms with E-state index in [1.165, 1.54) is 6.42 Å². The minimum Gasteiger partial charge on any atom is -0.350 e. The number of pyridine rings is 1. The highest BCUT2D eigenvalue weighted by atomic mass is 16.2. The molecule has 6 nitrogen and oxygen atoms in total. The van der Waals surface area contributed by atoms with Crippen molar-refractivity contribution in [3.8, 4) is 0 Å². The molecule has 2 aliphatic rings. The van der Waals surface area contributed by atoms with Crippen LogP contribution in [0.1, 0.15) is 49.8 Å². The molecule has 1 saturated heterocycles. The fraction of sp³-hybridized carbons (Fsp3) is 0.522. The lowest BCUT2D eigenvalue weighted by atomic mass is 9.83. The molecule has 2 fully saturated rings. The number of rotatable bonds is 5. The molecular weight excluding hydrogens is 364 g/mol. The third kappa shape index (κ3) is 4.13. The fourth-order valence-corrected chi connectivity index (χ4v) is 4.61. The molecule has 2 heterocycles. The van der Waals surface area contributed by atoms with Gasteiger partial charge in [-0.2, -0.15) is 0 Å². The highest BCUT2D eigenvalue weighted by Gasteiger charge is 2.41. The molecule has 1 aromatic heterocycles. The van der Waals surface area contributed by atoms with Crippen LogP contribution in [0, 0.1) is 12.8 Å². The number of fused-ring (bicyclic) bond motifs is 1. The predicted molar refractivity (Wildman–Crippen MR) is 113 cm³/mol. The molecule has 3 N–H and O–H groups in total. The molecule has 2 atom stereocenters. The number of carbonyl (C=O) groups excluding carboxylic acids is 2. The van der Waals surface area contributed by atoms with E-state index in [-0.39, 0.29) is 23.8 Å². The lowest BCUT2D eigenvalue weighted by Crippen LogP contribution is -2.62. The molecule has 4 rings (SSSR count).